The zero-order valence-electron chi connectivity index (χ0n) is 8.98. The number of hydrogen-bond acceptors (Lipinski definition) is 2. The van der Waals surface area contributed by atoms with Gasteiger partial charge in [-0.15, -0.1) is 0 Å². The number of carbonyl (C=O) groups excluding carboxylic acids is 1. The largest absolute Gasteiger partial charge is 0.416 e. The first-order chi connectivity index (χ1) is 8.18. The summed E-state index contributed by atoms with van der Waals surface area (Å²) in [6.45, 7) is 0.908. The summed E-state index contributed by atoms with van der Waals surface area (Å²) in [6.07, 6.45) is -8.12. The average Bonchev–Trinajstić information content (AvgIpc) is 2.25. The maximum atomic E-state index is 12.6. The minimum atomic E-state index is -4.86. The van der Waals surface area contributed by atoms with Gasteiger partial charge in [0.2, 0.25) is 0 Å². The lowest BCUT2D eigenvalue weighted by Crippen LogP contribution is -2.11. The monoisotopic (exact) mass is 263 g/mol. The molecule has 0 saturated carbocycles. The van der Waals surface area contributed by atoms with Crippen LogP contribution in [0, 0.1) is 11.3 Å². The smallest absolute Gasteiger partial charge is 0.294 e. The fourth-order valence-corrected chi connectivity index (χ4v) is 1.40. The third-order valence-corrected chi connectivity index (χ3v) is 2.22. The molecule has 0 saturated heterocycles. The summed E-state index contributed by atoms with van der Waals surface area (Å²) < 4.78 is 62.6. The first-order valence-corrected chi connectivity index (χ1v) is 4.62. The van der Waals surface area contributed by atoms with Gasteiger partial charge in [-0.25, -0.2) is 8.78 Å². The summed E-state index contributed by atoms with van der Waals surface area (Å²) in [5.74, 6) is -0.875. The molecule has 1 aromatic carbocycles. The van der Waals surface area contributed by atoms with Crippen molar-refractivity contribution in [2.75, 3.05) is 0 Å². The van der Waals surface area contributed by atoms with Gasteiger partial charge in [-0.2, -0.15) is 18.4 Å². The Morgan fingerprint density at radius 1 is 1.33 bits per heavy atom. The van der Waals surface area contributed by atoms with Gasteiger partial charge < -0.3 is 0 Å². The Morgan fingerprint density at radius 2 is 1.89 bits per heavy atom. The molecule has 0 fully saturated rings. The van der Waals surface area contributed by atoms with Crippen LogP contribution in [0.4, 0.5) is 22.0 Å². The first-order valence-electron chi connectivity index (χ1n) is 4.62. The molecule has 18 heavy (non-hydrogen) atoms. The lowest BCUT2D eigenvalue weighted by atomic mass is 9.96. The minimum absolute atomic E-state index is 0.190. The molecule has 0 aliphatic carbocycles. The number of nitrogens with zero attached hydrogens (tertiary/aromatic N) is 1. The summed E-state index contributed by atoms with van der Waals surface area (Å²) in [5.41, 5.74) is -3.83. The fourth-order valence-electron chi connectivity index (χ4n) is 1.40. The van der Waals surface area contributed by atoms with Crippen LogP contribution in [-0.2, 0) is 6.18 Å². The van der Waals surface area contributed by atoms with Gasteiger partial charge in [0.05, 0.1) is 11.1 Å². The van der Waals surface area contributed by atoms with E-state index in [1.807, 2.05) is 0 Å². The van der Waals surface area contributed by atoms with Crippen LogP contribution in [-0.4, -0.2) is 5.78 Å². The normalized spacial score (nSPS) is 11.4. The molecule has 0 spiro atoms. The molecule has 0 heterocycles. The summed E-state index contributed by atoms with van der Waals surface area (Å²) >= 11 is 0. The highest BCUT2D eigenvalue weighted by Gasteiger charge is 2.34. The summed E-state index contributed by atoms with van der Waals surface area (Å²) in [6, 6.07) is 1.94. The molecule has 0 N–H and O–H groups in total. The van der Waals surface area contributed by atoms with E-state index in [4.69, 9.17) is 5.26 Å². The van der Waals surface area contributed by atoms with Gasteiger partial charge in [0, 0.05) is 11.1 Å². The Hall–Kier alpha value is -1.97. The van der Waals surface area contributed by atoms with Crippen LogP contribution in [0.3, 0.4) is 0 Å². The van der Waals surface area contributed by atoms with Crippen LogP contribution in [0.5, 0.6) is 0 Å². The van der Waals surface area contributed by atoms with Crippen LogP contribution in [0.1, 0.15) is 40.4 Å². The van der Waals surface area contributed by atoms with Crippen molar-refractivity contribution in [2.45, 2.75) is 19.5 Å². The molecule has 2 nitrogen and oxygen atoms in total. The highest BCUT2D eigenvalue weighted by Crippen LogP contribution is 2.35. The van der Waals surface area contributed by atoms with Crippen LogP contribution >= 0.6 is 0 Å². The highest BCUT2D eigenvalue weighted by molar-refractivity contribution is 5.97. The Morgan fingerprint density at radius 3 is 2.22 bits per heavy atom. The third kappa shape index (κ3) is 2.64. The number of benzene rings is 1. The van der Waals surface area contributed by atoms with E-state index in [1.165, 1.54) is 6.07 Å². The van der Waals surface area contributed by atoms with Crippen molar-refractivity contribution in [3.63, 3.8) is 0 Å². The van der Waals surface area contributed by atoms with Crippen molar-refractivity contribution in [2.24, 2.45) is 0 Å². The molecule has 0 aliphatic rings. The second-order valence-corrected chi connectivity index (χ2v) is 3.45. The van der Waals surface area contributed by atoms with Crippen molar-refractivity contribution >= 4 is 5.78 Å². The number of Topliss-reactive ketones (excluding diaryl/α,β-unsaturated/α-hetero) is 1. The second-order valence-electron chi connectivity index (χ2n) is 3.45. The zero-order chi connectivity index (χ0) is 14.1. The van der Waals surface area contributed by atoms with Gasteiger partial charge in [-0.05, 0) is 19.1 Å². The van der Waals surface area contributed by atoms with Gasteiger partial charge in [0.1, 0.15) is 6.07 Å². The first kappa shape index (κ1) is 14.1. The molecule has 0 amide bonds. The maximum absolute atomic E-state index is 12.6. The van der Waals surface area contributed by atoms with Crippen molar-refractivity contribution in [3.8, 4) is 6.07 Å². The van der Waals surface area contributed by atoms with Crippen molar-refractivity contribution in [3.05, 3.63) is 34.4 Å². The Kier molecular flexibility index (Phi) is 3.70. The third-order valence-electron chi connectivity index (χ3n) is 2.22. The molecular weight excluding hydrogens is 257 g/mol. The number of halogens is 5. The summed E-state index contributed by atoms with van der Waals surface area (Å²) in [5, 5.41) is 8.67. The number of carbonyl (C=O) groups is 1. The number of ketones is 1. The van der Waals surface area contributed by atoms with E-state index in [0.29, 0.717) is 6.07 Å². The number of hydrogen-bond donors (Lipinski definition) is 0. The van der Waals surface area contributed by atoms with E-state index >= 15 is 0 Å². The quantitative estimate of drug-likeness (QED) is 0.602. The van der Waals surface area contributed by atoms with E-state index < -0.39 is 40.6 Å². The maximum Gasteiger partial charge on any atom is 0.416 e. The van der Waals surface area contributed by atoms with Gasteiger partial charge >= 0.3 is 6.18 Å². The SMILES string of the molecule is CC(=O)c1cc(C(F)(F)F)cc(C(F)F)c1C#N. The van der Waals surface area contributed by atoms with Gasteiger partial charge in [0.25, 0.3) is 6.43 Å². The van der Waals surface area contributed by atoms with E-state index in [2.05, 4.69) is 0 Å². The van der Waals surface area contributed by atoms with Crippen molar-refractivity contribution in [1.29, 1.82) is 5.26 Å². The fraction of sp³-hybridized carbons (Fsp3) is 0.273. The number of nitriles is 1. The van der Waals surface area contributed by atoms with Gasteiger partial charge in [0.15, 0.2) is 5.78 Å². The van der Waals surface area contributed by atoms with E-state index in [1.54, 1.807) is 0 Å². The van der Waals surface area contributed by atoms with Crippen molar-refractivity contribution < 1.29 is 26.7 Å². The number of rotatable bonds is 2. The van der Waals surface area contributed by atoms with Crippen LogP contribution in [0.25, 0.3) is 0 Å². The van der Waals surface area contributed by atoms with E-state index in [-0.39, 0.29) is 6.07 Å². The topological polar surface area (TPSA) is 40.9 Å². The van der Waals surface area contributed by atoms with Crippen LogP contribution in [0.15, 0.2) is 12.1 Å². The van der Waals surface area contributed by atoms with Crippen molar-refractivity contribution in [1.82, 2.24) is 0 Å². The standard InChI is InChI=1S/C11H6F5NO/c1-5(18)7-2-6(11(14,15)16)3-8(10(12)13)9(7)4-17/h2-3,10H,1H3. The molecule has 1 rings (SSSR count). The zero-order valence-corrected chi connectivity index (χ0v) is 8.98. The van der Waals surface area contributed by atoms with Crippen LogP contribution < -0.4 is 0 Å². The average molecular weight is 263 g/mol. The Labute approximate surface area is 98.6 Å². The minimum Gasteiger partial charge on any atom is -0.294 e. The molecule has 0 aliphatic heterocycles. The second kappa shape index (κ2) is 4.72. The molecule has 7 heteroatoms. The molecule has 0 unspecified atom stereocenters. The summed E-state index contributed by atoms with van der Waals surface area (Å²) in [7, 11) is 0. The lowest BCUT2D eigenvalue weighted by Gasteiger charge is -2.12. The highest BCUT2D eigenvalue weighted by atomic mass is 19.4. The molecular formula is C11H6F5NO. The van der Waals surface area contributed by atoms with Gasteiger partial charge in [-0.1, -0.05) is 0 Å². The lowest BCUT2D eigenvalue weighted by molar-refractivity contribution is -0.137. The summed E-state index contributed by atoms with van der Waals surface area (Å²) in [4.78, 5) is 11.1. The van der Waals surface area contributed by atoms with Crippen LogP contribution in [0.2, 0.25) is 0 Å². The molecule has 1 aromatic rings. The predicted molar refractivity (Wildman–Crippen MR) is 51.1 cm³/mol. The number of alkyl halides is 5. The van der Waals surface area contributed by atoms with Gasteiger partial charge in [-0.3, -0.25) is 4.79 Å². The van der Waals surface area contributed by atoms with E-state index in [9.17, 15) is 26.7 Å². The Bertz CT molecular complexity index is 527. The molecule has 0 bridgehead atoms. The Balaban J connectivity index is 3.66. The van der Waals surface area contributed by atoms with E-state index in [0.717, 1.165) is 6.92 Å². The molecule has 96 valence electrons. The molecule has 0 atom stereocenters. The molecule has 0 radical (unpaired) electrons. The predicted octanol–water partition coefficient (Wildman–Crippen LogP) is 3.72. The molecule has 0 aromatic heterocycles.